The molecule has 0 spiro atoms. The monoisotopic (exact) mass is 459 g/mol. The first-order valence-corrected chi connectivity index (χ1v) is 10.3. The van der Waals surface area contributed by atoms with Crippen LogP contribution in [-0.2, 0) is 16.1 Å². The SMILES string of the molecule is O=C(CN1CCC(Cn2cnc3ccccc32)CC1)c1ccc(F)c(F)c1.O=C(O)C(=O)O. The average molecular weight is 459 g/mol. The van der Waals surface area contributed by atoms with Crippen LogP contribution in [0.4, 0.5) is 8.78 Å². The lowest BCUT2D eigenvalue weighted by Crippen LogP contribution is -2.38. The summed E-state index contributed by atoms with van der Waals surface area (Å²) in [5.41, 5.74) is 2.38. The zero-order chi connectivity index (χ0) is 24.0. The number of imidazole rings is 1. The number of aliphatic carboxylic acids is 2. The third-order valence-corrected chi connectivity index (χ3v) is 5.48. The summed E-state index contributed by atoms with van der Waals surface area (Å²) < 4.78 is 28.5. The zero-order valence-electron chi connectivity index (χ0n) is 17.7. The lowest BCUT2D eigenvalue weighted by molar-refractivity contribution is -0.159. The fraction of sp³-hybridized carbons (Fsp3) is 0.304. The maximum Gasteiger partial charge on any atom is 0.414 e. The van der Waals surface area contributed by atoms with Crippen LogP contribution in [0.3, 0.4) is 0 Å². The van der Waals surface area contributed by atoms with E-state index >= 15 is 0 Å². The minimum absolute atomic E-state index is 0.173. The summed E-state index contributed by atoms with van der Waals surface area (Å²) in [7, 11) is 0. The van der Waals surface area contributed by atoms with E-state index < -0.39 is 23.6 Å². The van der Waals surface area contributed by atoms with Gasteiger partial charge in [0.25, 0.3) is 0 Å². The summed E-state index contributed by atoms with van der Waals surface area (Å²) in [5.74, 6) is -5.19. The molecule has 1 aliphatic heterocycles. The van der Waals surface area contributed by atoms with E-state index in [4.69, 9.17) is 19.8 Å². The second-order valence-corrected chi connectivity index (χ2v) is 7.77. The number of nitrogens with zero attached hydrogens (tertiary/aromatic N) is 3. The van der Waals surface area contributed by atoms with E-state index in [1.807, 2.05) is 24.5 Å². The molecule has 3 aromatic rings. The molecule has 0 saturated carbocycles. The Bertz CT molecular complexity index is 1140. The Kier molecular flexibility index (Phi) is 7.83. The third kappa shape index (κ3) is 6.42. The molecule has 0 bridgehead atoms. The van der Waals surface area contributed by atoms with Gasteiger partial charge in [0.15, 0.2) is 17.4 Å². The zero-order valence-corrected chi connectivity index (χ0v) is 17.7. The van der Waals surface area contributed by atoms with E-state index in [1.165, 1.54) is 6.07 Å². The van der Waals surface area contributed by atoms with Crippen molar-refractivity contribution < 1.29 is 33.4 Å². The largest absolute Gasteiger partial charge is 0.473 e. The van der Waals surface area contributed by atoms with Crippen molar-refractivity contribution in [3.8, 4) is 0 Å². The number of carboxylic acid groups (broad SMARTS) is 2. The first-order valence-electron chi connectivity index (χ1n) is 10.3. The van der Waals surface area contributed by atoms with Crippen molar-refractivity contribution in [2.45, 2.75) is 19.4 Å². The number of benzene rings is 2. The minimum Gasteiger partial charge on any atom is -0.473 e. The molecule has 1 aromatic heterocycles. The number of hydrogen-bond acceptors (Lipinski definition) is 5. The summed E-state index contributed by atoms with van der Waals surface area (Å²) in [6.07, 6.45) is 3.89. The molecule has 10 heteroatoms. The topological polar surface area (TPSA) is 113 Å². The van der Waals surface area contributed by atoms with E-state index in [0.717, 1.165) is 55.6 Å². The average Bonchev–Trinajstić information content (AvgIpc) is 3.20. The van der Waals surface area contributed by atoms with E-state index in [0.29, 0.717) is 5.92 Å². The van der Waals surface area contributed by atoms with Crippen molar-refractivity contribution in [1.29, 1.82) is 0 Å². The predicted molar refractivity (Wildman–Crippen MR) is 115 cm³/mol. The molecule has 2 heterocycles. The van der Waals surface area contributed by atoms with Crippen LogP contribution in [0.2, 0.25) is 0 Å². The van der Waals surface area contributed by atoms with Crippen LogP contribution in [0.1, 0.15) is 23.2 Å². The molecule has 33 heavy (non-hydrogen) atoms. The normalized spacial score (nSPS) is 14.5. The van der Waals surface area contributed by atoms with Gasteiger partial charge in [-0.05, 0) is 62.2 Å². The number of Topliss-reactive ketones (excluding diaryl/α,β-unsaturated/α-hetero) is 1. The molecular weight excluding hydrogens is 436 g/mol. The van der Waals surface area contributed by atoms with Gasteiger partial charge in [-0.2, -0.15) is 0 Å². The van der Waals surface area contributed by atoms with Crippen LogP contribution in [0.15, 0.2) is 48.8 Å². The van der Waals surface area contributed by atoms with Gasteiger partial charge in [0, 0.05) is 12.1 Å². The van der Waals surface area contributed by atoms with Gasteiger partial charge >= 0.3 is 11.9 Å². The highest BCUT2D eigenvalue weighted by molar-refractivity contribution is 6.27. The van der Waals surface area contributed by atoms with Crippen molar-refractivity contribution in [1.82, 2.24) is 14.5 Å². The van der Waals surface area contributed by atoms with Crippen LogP contribution in [0.25, 0.3) is 11.0 Å². The number of fused-ring (bicyclic) bond motifs is 1. The highest BCUT2D eigenvalue weighted by atomic mass is 19.2. The molecule has 0 amide bonds. The standard InChI is InChI=1S/C21H21F2N3O.C2H2O4/c22-17-6-5-16(11-18(17)23)21(27)13-25-9-7-15(8-10-25)12-26-14-24-19-3-1-2-4-20(19)26;3-1(4)2(5)6/h1-6,11,14-15H,7-10,12-13H2;(H,3,4)(H,5,6). The first-order chi connectivity index (χ1) is 15.7. The molecule has 8 nitrogen and oxygen atoms in total. The molecule has 1 fully saturated rings. The van der Waals surface area contributed by atoms with Crippen molar-refractivity contribution in [2.24, 2.45) is 5.92 Å². The van der Waals surface area contributed by atoms with Crippen LogP contribution >= 0.6 is 0 Å². The molecule has 0 atom stereocenters. The number of carbonyl (C=O) groups is 3. The Balaban J connectivity index is 0.000000454. The van der Waals surface area contributed by atoms with Gasteiger partial charge in [-0.3, -0.25) is 9.69 Å². The molecule has 0 aliphatic carbocycles. The minimum atomic E-state index is -1.82. The molecule has 0 unspecified atom stereocenters. The van der Waals surface area contributed by atoms with Gasteiger partial charge in [0.05, 0.1) is 23.9 Å². The fourth-order valence-electron chi connectivity index (χ4n) is 3.73. The smallest absolute Gasteiger partial charge is 0.414 e. The number of likely N-dealkylation sites (tertiary alicyclic amines) is 1. The van der Waals surface area contributed by atoms with Crippen molar-refractivity contribution in [3.05, 3.63) is 66.0 Å². The lowest BCUT2D eigenvalue weighted by Gasteiger charge is -2.31. The van der Waals surface area contributed by atoms with Crippen LogP contribution in [-0.4, -0.2) is 62.0 Å². The molecule has 1 aliphatic rings. The summed E-state index contributed by atoms with van der Waals surface area (Å²) in [6, 6.07) is 11.4. The highest BCUT2D eigenvalue weighted by Crippen LogP contribution is 2.22. The predicted octanol–water partition coefficient (Wildman–Crippen LogP) is 3.07. The van der Waals surface area contributed by atoms with Gasteiger partial charge < -0.3 is 14.8 Å². The number of aromatic nitrogens is 2. The van der Waals surface area contributed by atoms with E-state index in [2.05, 4.69) is 20.5 Å². The van der Waals surface area contributed by atoms with Gasteiger partial charge in [-0.15, -0.1) is 0 Å². The van der Waals surface area contributed by atoms with Gasteiger partial charge in [-0.1, -0.05) is 12.1 Å². The Morgan fingerprint density at radius 1 is 0.970 bits per heavy atom. The molecule has 4 rings (SSSR count). The number of carboxylic acids is 2. The molecule has 1 saturated heterocycles. The maximum absolute atomic E-state index is 13.3. The third-order valence-electron chi connectivity index (χ3n) is 5.48. The number of rotatable bonds is 5. The second-order valence-electron chi connectivity index (χ2n) is 7.77. The number of hydrogen-bond donors (Lipinski definition) is 2. The van der Waals surface area contributed by atoms with Crippen molar-refractivity contribution in [2.75, 3.05) is 19.6 Å². The number of piperidine rings is 1. The molecular formula is C23H23F2N3O5. The van der Waals surface area contributed by atoms with Crippen LogP contribution < -0.4 is 0 Å². The maximum atomic E-state index is 13.3. The van der Waals surface area contributed by atoms with Gasteiger partial charge in [0.2, 0.25) is 0 Å². The van der Waals surface area contributed by atoms with Gasteiger partial charge in [0.1, 0.15) is 0 Å². The number of para-hydroxylation sites is 2. The van der Waals surface area contributed by atoms with E-state index in [9.17, 15) is 13.6 Å². The first kappa shape index (κ1) is 24.0. The van der Waals surface area contributed by atoms with Crippen molar-refractivity contribution in [3.63, 3.8) is 0 Å². The summed E-state index contributed by atoms with van der Waals surface area (Å²) in [6.45, 7) is 2.82. The molecule has 2 aromatic carbocycles. The van der Waals surface area contributed by atoms with E-state index in [1.54, 1.807) is 0 Å². The lowest BCUT2D eigenvalue weighted by atomic mass is 9.96. The van der Waals surface area contributed by atoms with E-state index in [-0.39, 0.29) is 17.9 Å². The molecule has 174 valence electrons. The molecule has 2 N–H and O–H groups in total. The van der Waals surface area contributed by atoms with Gasteiger partial charge in [-0.25, -0.2) is 23.4 Å². The van der Waals surface area contributed by atoms with Crippen molar-refractivity contribution >= 4 is 28.8 Å². The Labute approximate surface area is 188 Å². The summed E-state index contributed by atoms with van der Waals surface area (Å²) in [5, 5.41) is 14.8. The van der Waals surface area contributed by atoms with Crippen LogP contribution in [0, 0.1) is 17.6 Å². The summed E-state index contributed by atoms with van der Waals surface area (Å²) >= 11 is 0. The second kappa shape index (κ2) is 10.8. The Hall–Kier alpha value is -3.66. The fourth-order valence-corrected chi connectivity index (χ4v) is 3.73. The Morgan fingerprint density at radius 2 is 1.64 bits per heavy atom. The summed E-state index contributed by atoms with van der Waals surface area (Å²) in [4.78, 5) is 37.0. The Morgan fingerprint density at radius 3 is 2.27 bits per heavy atom. The quantitative estimate of drug-likeness (QED) is 0.445. The molecule has 0 radical (unpaired) electrons. The highest BCUT2D eigenvalue weighted by Gasteiger charge is 2.22. The number of halogens is 2. The number of carbonyl (C=O) groups excluding carboxylic acids is 1. The van der Waals surface area contributed by atoms with Crippen LogP contribution in [0.5, 0.6) is 0 Å². The number of ketones is 1.